The van der Waals surface area contributed by atoms with Gasteiger partial charge >= 0.3 is 0 Å². The Bertz CT molecular complexity index is 391. The summed E-state index contributed by atoms with van der Waals surface area (Å²) >= 11 is 0. The number of carbonyl (C=O) groups excluding carboxylic acids is 1. The zero-order valence-corrected chi connectivity index (χ0v) is 10.8. The van der Waals surface area contributed by atoms with Crippen LogP contribution < -0.4 is 15.6 Å². The van der Waals surface area contributed by atoms with Crippen LogP contribution in [0.3, 0.4) is 0 Å². The van der Waals surface area contributed by atoms with Crippen LogP contribution in [0.25, 0.3) is 0 Å². The fourth-order valence-electron chi connectivity index (χ4n) is 1.71. The van der Waals surface area contributed by atoms with Gasteiger partial charge in [-0.25, -0.2) is 5.43 Å². The second-order valence-electron chi connectivity index (χ2n) is 3.89. The zero-order valence-electron chi connectivity index (χ0n) is 10.8. The number of rotatable bonds is 5. The third-order valence-electron chi connectivity index (χ3n) is 2.81. The van der Waals surface area contributed by atoms with Crippen LogP contribution in [-0.2, 0) is 11.2 Å². The van der Waals surface area contributed by atoms with Gasteiger partial charge in [0.1, 0.15) is 5.75 Å². The Morgan fingerprint density at radius 1 is 1.47 bits per heavy atom. The molecule has 0 bridgehead atoms. The quantitative estimate of drug-likeness (QED) is 0.764. The molecule has 0 fully saturated rings. The normalized spacial score (nSPS) is 12.0. The molecule has 0 aliphatic carbocycles. The summed E-state index contributed by atoms with van der Waals surface area (Å²) in [5.41, 5.74) is 7.35. The lowest BCUT2D eigenvalue weighted by Crippen LogP contribution is -2.37. The van der Waals surface area contributed by atoms with Gasteiger partial charge in [0.25, 0.3) is 0 Å². The molecule has 0 radical (unpaired) electrons. The van der Waals surface area contributed by atoms with E-state index in [1.807, 2.05) is 25.1 Å². The Kier molecular flexibility index (Phi) is 4.97. The predicted molar refractivity (Wildman–Crippen MR) is 68.0 cm³/mol. The monoisotopic (exact) mass is 236 g/mol. The number of carbonyl (C=O) groups is 1. The van der Waals surface area contributed by atoms with Crippen LogP contribution in [0.4, 0.5) is 0 Å². The molecule has 1 rings (SSSR count). The maximum Gasteiger partial charge on any atom is 0.241 e. The SMILES string of the molecule is CCc1ccc(OC)c(C(C)C(=O)NNC)c1. The molecule has 1 atom stereocenters. The molecule has 1 aromatic carbocycles. The number of methoxy groups -OCH3 is 1. The first-order valence-electron chi connectivity index (χ1n) is 5.77. The van der Waals surface area contributed by atoms with Crippen LogP contribution >= 0.6 is 0 Å². The first kappa shape index (κ1) is 13.5. The molecule has 1 amide bonds. The molecule has 0 aliphatic heterocycles. The topological polar surface area (TPSA) is 50.4 Å². The minimum Gasteiger partial charge on any atom is -0.496 e. The van der Waals surface area contributed by atoms with E-state index in [4.69, 9.17) is 4.74 Å². The second kappa shape index (κ2) is 6.25. The maximum absolute atomic E-state index is 11.8. The van der Waals surface area contributed by atoms with Gasteiger partial charge < -0.3 is 4.74 Å². The van der Waals surface area contributed by atoms with Crippen molar-refractivity contribution in [3.8, 4) is 5.75 Å². The highest BCUT2D eigenvalue weighted by Gasteiger charge is 2.18. The van der Waals surface area contributed by atoms with Crippen molar-refractivity contribution in [3.63, 3.8) is 0 Å². The number of hydrogen-bond donors (Lipinski definition) is 2. The fourth-order valence-corrected chi connectivity index (χ4v) is 1.71. The Hall–Kier alpha value is -1.55. The number of aryl methyl sites for hydroxylation is 1. The van der Waals surface area contributed by atoms with Crippen molar-refractivity contribution in [1.29, 1.82) is 0 Å². The van der Waals surface area contributed by atoms with E-state index in [-0.39, 0.29) is 11.8 Å². The van der Waals surface area contributed by atoms with Crippen molar-refractivity contribution < 1.29 is 9.53 Å². The van der Waals surface area contributed by atoms with Crippen LogP contribution in [0, 0.1) is 0 Å². The summed E-state index contributed by atoms with van der Waals surface area (Å²) in [6.45, 7) is 3.95. The smallest absolute Gasteiger partial charge is 0.241 e. The molecule has 1 unspecified atom stereocenters. The van der Waals surface area contributed by atoms with E-state index in [2.05, 4.69) is 17.8 Å². The molecule has 1 aromatic rings. The highest BCUT2D eigenvalue weighted by atomic mass is 16.5. The van der Waals surface area contributed by atoms with Crippen LogP contribution in [0.5, 0.6) is 5.75 Å². The molecular formula is C13H20N2O2. The average molecular weight is 236 g/mol. The molecule has 17 heavy (non-hydrogen) atoms. The van der Waals surface area contributed by atoms with Crippen molar-refractivity contribution in [2.24, 2.45) is 0 Å². The minimum absolute atomic E-state index is 0.0703. The zero-order chi connectivity index (χ0) is 12.8. The highest BCUT2D eigenvalue weighted by molar-refractivity contribution is 5.83. The molecular weight excluding hydrogens is 216 g/mol. The van der Waals surface area contributed by atoms with Crippen molar-refractivity contribution >= 4 is 5.91 Å². The van der Waals surface area contributed by atoms with Gasteiger partial charge in [-0.1, -0.05) is 19.1 Å². The standard InChI is InChI=1S/C13H20N2O2/c1-5-10-6-7-12(17-4)11(8-10)9(2)13(16)15-14-3/h6-9,14H,5H2,1-4H3,(H,15,16). The molecule has 4 nitrogen and oxygen atoms in total. The number of nitrogens with one attached hydrogen (secondary N) is 2. The van der Waals surface area contributed by atoms with Gasteiger partial charge in [-0.3, -0.25) is 10.2 Å². The second-order valence-corrected chi connectivity index (χ2v) is 3.89. The van der Waals surface area contributed by atoms with Crippen LogP contribution in [-0.4, -0.2) is 20.1 Å². The van der Waals surface area contributed by atoms with Crippen molar-refractivity contribution in [3.05, 3.63) is 29.3 Å². The van der Waals surface area contributed by atoms with Gasteiger partial charge in [0.15, 0.2) is 0 Å². The van der Waals surface area contributed by atoms with Crippen molar-refractivity contribution in [1.82, 2.24) is 10.9 Å². The molecule has 0 spiro atoms. The summed E-state index contributed by atoms with van der Waals surface area (Å²) in [4.78, 5) is 11.8. The molecule has 0 aliphatic rings. The summed E-state index contributed by atoms with van der Waals surface area (Å²) < 4.78 is 5.29. The lowest BCUT2D eigenvalue weighted by atomic mass is 9.96. The lowest BCUT2D eigenvalue weighted by Gasteiger charge is -2.16. The number of amides is 1. The maximum atomic E-state index is 11.8. The molecule has 0 heterocycles. The minimum atomic E-state index is -0.246. The highest BCUT2D eigenvalue weighted by Crippen LogP contribution is 2.27. The Balaban J connectivity index is 3.04. The lowest BCUT2D eigenvalue weighted by molar-refractivity contribution is -0.123. The first-order chi connectivity index (χ1) is 8.13. The van der Waals surface area contributed by atoms with Gasteiger partial charge in [-0.2, -0.15) is 0 Å². The molecule has 0 saturated heterocycles. The Labute approximate surface area is 102 Å². The molecule has 0 saturated carbocycles. The average Bonchev–Trinajstić information content (AvgIpc) is 2.37. The van der Waals surface area contributed by atoms with E-state index in [1.54, 1.807) is 14.2 Å². The third-order valence-corrected chi connectivity index (χ3v) is 2.81. The largest absolute Gasteiger partial charge is 0.496 e. The van der Waals surface area contributed by atoms with Crippen LogP contribution in [0.1, 0.15) is 30.9 Å². The number of hydrazine groups is 1. The predicted octanol–water partition coefficient (Wildman–Crippen LogP) is 1.61. The van der Waals surface area contributed by atoms with Gasteiger partial charge in [-0.15, -0.1) is 0 Å². The van der Waals surface area contributed by atoms with E-state index in [0.29, 0.717) is 0 Å². The molecule has 0 aromatic heterocycles. The van der Waals surface area contributed by atoms with E-state index in [1.165, 1.54) is 5.56 Å². The molecule has 2 N–H and O–H groups in total. The number of hydrogen-bond acceptors (Lipinski definition) is 3. The molecule has 94 valence electrons. The van der Waals surface area contributed by atoms with E-state index in [0.717, 1.165) is 17.7 Å². The third kappa shape index (κ3) is 3.20. The summed E-state index contributed by atoms with van der Waals surface area (Å²) in [5.74, 6) is 0.434. The summed E-state index contributed by atoms with van der Waals surface area (Å²) in [6.07, 6.45) is 0.942. The van der Waals surface area contributed by atoms with Gasteiger partial charge in [0.05, 0.1) is 13.0 Å². The summed E-state index contributed by atoms with van der Waals surface area (Å²) in [6, 6.07) is 5.96. The summed E-state index contributed by atoms with van der Waals surface area (Å²) in [7, 11) is 3.29. The van der Waals surface area contributed by atoms with Crippen molar-refractivity contribution in [2.45, 2.75) is 26.2 Å². The molecule has 4 heteroatoms. The fraction of sp³-hybridized carbons (Fsp3) is 0.462. The van der Waals surface area contributed by atoms with Crippen LogP contribution in [0.2, 0.25) is 0 Å². The first-order valence-corrected chi connectivity index (χ1v) is 5.77. The van der Waals surface area contributed by atoms with Gasteiger partial charge in [0, 0.05) is 12.6 Å². The summed E-state index contributed by atoms with van der Waals surface area (Å²) in [5, 5.41) is 0. The Morgan fingerprint density at radius 3 is 2.71 bits per heavy atom. The van der Waals surface area contributed by atoms with Gasteiger partial charge in [0.2, 0.25) is 5.91 Å². The number of ether oxygens (including phenoxy) is 1. The van der Waals surface area contributed by atoms with Crippen LogP contribution in [0.15, 0.2) is 18.2 Å². The van der Waals surface area contributed by atoms with Crippen molar-refractivity contribution in [2.75, 3.05) is 14.2 Å². The number of benzene rings is 1. The van der Waals surface area contributed by atoms with E-state index < -0.39 is 0 Å². The van der Waals surface area contributed by atoms with E-state index in [9.17, 15) is 4.79 Å². The Morgan fingerprint density at radius 2 is 2.18 bits per heavy atom. The van der Waals surface area contributed by atoms with Gasteiger partial charge in [-0.05, 0) is 25.0 Å². The van der Waals surface area contributed by atoms with E-state index >= 15 is 0 Å².